The van der Waals surface area contributed by atoms with Crippen molar-refractivity contribution in [2.24, 2.45) is 0 Å². The average molecular weight is 373 g/mol. The van der Waals surface area contributed by atoms with Gasteiger partial charge in [0.2, 0.25) is 0 Å². The average Bonchev–Trinajstić information content (AvgIpc) is 3.15. The van der Waals surface area contributed by atoms with E-state index < -0.39 is 17.6 Å². The van der Waals surface area contributed by atoms with Gasteiger partial charge in [-0.3, -0.25) is 0 Å². The smallest absolute Gasteiger partial charge is 0.341 e. The van der Waals surface area contributed by atoms with Gasteiger partial charge in [0.15, 0.2) is 17.3 Å². The van der Waals surface area contributed by atoms with Gasteiger partial charge >= 0.3 is 5.97 Å². The first kappa shape index (κ1) is 17.0. The van der Waals surface area contributed by atoms with Crippen LogP contribution in [0.15, 0.2) is 47.0 Å². The molecule has 1 aliphatic rings. The highest BCUT2D eigenvalue weighted by atomic mass is 19.1. The Kier molecular flexibility index (Phi) is 4.45. The number of nitrogens with zero attached hydrogens (tertiary/aromatic N) is 1. The molecule has 0 fully saturated rings. The van der Waals surface area contributed by atoms with Crippen LogP contribution in [0.4, 0.5) is 8.78 Å². The fourth-order valence-electron chi connectivity index (χ4n) is 2.58. The number of halogens is 2. The summed E-state index contributed by atoms with van der Waals surface area (Å²) in [7, 11) is 0. The van der Waals surface area contributed by atoms with E-state index in [0.29, 0.717) is 47.8 Å². The van der Waals surface area contributed by atoms with E-state index in [-0.39, 0.29) is 12.2 Å². The van der Waals surface area contributed by atoms with Crippen LogP contribution >= 0.6 is 0 Å². The van der Waals surface area contributed by atoms with E-state index in [4.69, 9.17) is 18.7 Å². The number of aromatic nitrogens is 1. The number of hydrogen-bond acceptors (Lipinski definition) is 6. The van der Waals surface area contributed by atoms with Gasteiger partial charge in [-0.05, 0) is 30.3 Å². The van der Waals surface area contributed by atoms with Gasteiger partial charge in [-0.25, -0.2) is 13.6 Å². The third-order valence-electron chi connectivity index (χ3n) is 3.89. The lowest BCUT2D eigenvalue weighted by molar-refractivity contribution is 0.0459. The molecule has 138 valence electrons. The van der Waals surface area contributed by atoms with Crippen molar-refractivity contribution in [3.8, 4) is 22.8 Å². The number of fused-ring (bicyclic) bond motifs is 1. The van der Waals surface area contributed by atoms with Crippen LogP contribution in [-0.4, -0.2) is 24.3 Å². The Morgan fingerprint density at radius 3 is 2.67 bits per heavy atom. The van der Waals surface area contributed by atoms with E-state index in [1.807, 2.05) is 0 Å². The van der Waals surface area contributed by atoms with Crippen molar-refractivity contribution in [3.63, 3.8) is 0 Å². The zero-order valence-electron chi connectivity index (χ0n) is 13.9. The van der Waals surface area contributed by atoms with E-state index in [0.717, 1.165) is 12.1 Å². The molecule has 0 atom stereocenters. The first-order valence-corrected chi connectivity index (χ1v) is 8.08. The molecule has 0 radical (unpaired) electrons. The van der Waals surface area contributed by atoms with Crippen molar-refractivity contribution < 1.29 is 32.3 Å². The van der Waals surface area contributed by atoms with E-state index in [1.54, 1.807) is 24.3 Å². The third-order valence-corrected chi connectivity index (χ3v) is 3.89. The van der Waals surface area contributed by atoms with E-state index in [2.05, 4.69) is 5.16 Å². The topological polar surface area (TPSA) is 70.8 Å². The fourth-order valence-corrected chi connectivity index (χ4v) is 2.58. The summed E-state index contributed by atoms with van der Waals surface area (Å²) in [5.74, 6) is -0.973. The lowest BCUT2D eigenvalue weighted by atomic mass is 10.1. The number of carbonyl (C=O) groups excluding carboxylic acids is 1. The predicted molar refractivity (Wildman–Crippen MR) is 88.4 cm³/mol. The maximum atomic E-state index is 13.6. The molecule has 2 aromatic carbocycles. The molecule has 0 unspecified atom stereocenters. The fraction of sp³-hybridized carbons (Fsp3) is 0.158. The molecule has 0 amide bonds. The van der Waals surface area contributed by atoms with Gasteiger partial charge < -0.3 is 18.7 Å². The predicted octanol–water partition coefficient (Wildman–Crippen LogP) is 3.75. The molecule has 27 heavy (non-hydrogen) atoms. The molecule has 4 rings (SSSR count). The van der Waals surface area contributed by atoms with E-state index in [1.165, 1.54) is 0 Å². The normalized spacial score (nSPS) is 12.7. The zero-order valence-corrected chi connectivity index (χ0v) is 13.9. The maximum absolute atomic E-state index is 13.6. The standard InChI is InChI=1S/C19H13F2NO5/c20-12-2-3-14(15(21)8-12)19(23)26-10-13-9-17(27-22-13)11-1-4-16-18(7-11)25-6-5-24-16/h1-4,7-9H,5-6,10H2. The Bertz CT molecular complexity index is 1000. The van der Waals surface area contributed by atoms with Crippen LogP contribution in [0.25, 0.3) is 11.3 Å². The summed E-state index contributed by atoms with van der Waals surface area (Å²) in [4.78, 5) is 11.9. The number of benzene rings is 2. The minimum Gasteiger partial charge on any atom is -0.486 e. The summed E-state index contributed by atoms with van der Waals surface area (Å²) >= 11 is 0. The number of hydrogen-bond donors (Lipinski definition) is 0. The van der Waals surface area contributed by atoms with Gasteiger partial charge in [0.05, 0.1) is 5.56 Å². The Hall–Kier alpha value is -3.42. The Labute approximate surface area is 152 Å². The van der Waals surface area contributed by atoms with E-state index in [9.17, 15) is 13.6 Å². The molecular weight excluding hydrogens is 360 g/mol. The largest absolute Gasteiger partial charge is 0.486 e. The number of carbonyl (C=O) groups is 1. The highest BCUT2D eigenvalue weighted by Crippen LogP contribution is 2.34. The summed E-state index contributed by atoms with van der Waals surface area (Å²) in [6.07, 6.45) is 0. The maximum Gasteiger partial charge on any atom is 0.341 e. The van der Waals surface area contributed by atoms with Gasteiger partial charge in [0, 0.05) is 17.7 Å². The number of ether oxygens (including phenoxy) is 3. The lowest BCUT2D eigenvalue weighted by Gasteiger charge is -2.18. The van der Waals surface area contributed by atoms with Crippen molar-refractivity contribution in [1.82, 2.24) is 5.16 Å². The van der Waals surface area contributed by atoms with Crippen molar-refractivity contribution in [1.29, 1.82) is 0 Å². The highest BCUT2D eigenvalue weighted by molar-refractivity contribution is 5.89. The van der Waals surface area contributed by atoms with Crippen LogP contribution in [0.1, 0.15) is 16.1 Å². The van der Waals surface area contributed by atoms with Gasteiger partial charge in [0.25, 0.3) is 0 Å². The summed E-state index contributed by atoms with van der Waals surface area (Å²) in [5, 5.41) is 3.83. The molecule has 0 aliphatic carbocycles. The molecule has 8 heteroatoms. The Balaban J connectivity index is 1.44. The summed E-state index contributed by atoms with van der Waals surface area (Å²) in [6, 6.07) is 9.54. The quantitative estimate of drug-likeness (QED) is 0.649. The molecule has 3 aromatic rings. The summed E-state index contributed by atoms with van der Waals surface area (Å²) in [5.41, 5.74) is 0.705. The molecule has 0 bridgehead atoms. The Morgan fingerprint density at radius 1 is 1.04 bits per heavy atom. The first-order valence-electron chi connectivity index (χ1n) is 8.08. The first-order chi connectivity index (χ1) is 13.1. The van der Waals surface area contributed by atoms with Crippen molar-refractivity contribution >= 4 is 5.97 Å². The molecule has 1 aromatic heterocycles. The second-order valence-electron chi connectivity index (χ2n) is 5.74. The van der Waals surface area contributed by atoms with Crippen LogP contribution in [0.3, 0.4) is 0 Å². The van der Waals surface area contributed by atoms with Crippen LogP contribution in [0.5, 0.6) is 11.5 Å². The van der Waals surface area contributed by atoms with Crippen LogP contribution in [0.2, 0.25) is 0 Å². The van der Waals surface area contributed by atoms with Crippen LogP contribution < -0.4 is 9.47 Å². The second kappa shape index (κ2) is 7.06. The third kappa shape index (κ3) is 3.59. The molecule has 0 saturated heterocycles. The second-order valence-corrected chi connectivity index (χ2v) is 5.74. The molecule has 0 N–H and O–H groups in total. The molecule has 1 aliphatic heterocycles. The number of esters is 1. The molecule has 0 saturated carbocycles. The minimum atomic E-state index is -0.989. The van der Waals surface area contributed by atoms with Crippen molar-refractivity contribution in [2.75, 3.05) is 13.2 Å². The molecule has 0 spiro atoms. The van der Waals surface area contributed by atoms with Crippen LogP contribution in [-0.2, 0) is 11.3 Å². The van der Waals surface area contributed by atoms with Gasteiger partial charge in [-0.1, -0.05) is 5.16 Å². The van der Waals surface area contributed by atoms with Crippen molar-refractivity contribution in [2.45, 2.75) is 6.61 Å². The Morgan fingerprint density at radius 2 is 1.85 bits per heavy atom. The summed E-state index contributed by atoms with van der Waals surface area (Å²) in [6.45, 7) is 0.747. The highest BCUT2D eigenvalue weighted by Gasteiger charge is 2.17. The van der Waals surface area contributed by atoms with Gasteiger partial charge in [0.1, 0.15) is 37.1 Å². The van der Waals surface area contributed by atoms with Crippen molar-refractivity contribution in [3.05, 3.63) is 65.4 Å². The monoisotopic (exact) mass is 373 g/mol. The van der Waals surface area contributed by atoms with Crippen LogP contribution in [0, 0.1) is 11.6 Å². The lowest BCUT2D eigenvalue weighted by Crippen LogP contribution is -2.15. The summed E-state index contributed by atoms with van der Waals surface area (Å²) < 4.78 is 47.7. The van der Waals surface area contributed by atoms with Gasteiger partial charge in [-0.2, -0.15) is 0 Å². The zero-order chi connectivity index (χ0) is 18.8. The molecular formula is C19H13F2NO5. The van der Waals surface area contributed by atoms with Gasteiger partial charge in [-0.15, -0.1) is 0 Å². The number of rotatable bonds is 4. The SMILES string of the molecule is O=C(OCc1cc(-c2ccc3c(c2)OCCO3)on1)c1ccc(F)cc1F. The molecule has 6 nitrogen and oxygen atoms in total. The molecule has 2 heterocycles. The van der Waals surface area contributed by atoms with E-state index >= 15 is 0 Å². The minimum absolute atomic E-state index is 0.219.